The Morgan fingerprint density at radius 3 is 2.64 bits per heavy atom. The molecule has 0 bridgehead atoms. The van der Waals surface area contributed by atoms with Gasteiger partial charge >= 0.3 is 0 Å². The zero-order chi connectivity index (χ0) is 9.97. The van der Waals surface area contributed by atoms with E-state index >= 15 is 0 Å². The third kappa shape index (κ3) is 2.69. The quantitative estimate of drug-likeness (QED) is 0.706. The van der Waals surface area contributed by atoms with Crippen LogP contribution in [0.2, 0.25) is 0 Å². The Bertz CT molecular complexity index is 179. The Hall–Kier alpha value is -0.120. The maximum Gasteiger partial charge on any atom is 0.0195 e. The Morgan fingerprint density at radius 2 is 2.07 bits per heavy atom. The zero-order valence-corrected chi connectivity index (χ0v) is 9.28. The van der Waals surface area contributed by atoms with Gasteiger partial charge in [0.05, 0.1) is 0 Å². The Kier molecular flexibility index (Phi) is 3.42. The van der Waals surface area contributed by atoms with E-state index in [1.54, 1.807) is 0 Å². The molecule has 3 heteroatoms. The second-order valence-corrected chi connectivity index (χ2v) is 4.88. The van der Waals surface area contributed by atoms with Gasteiger partial charge in [-0.1, -0.05) is 0 Å². The molecule has 1 aliphatic heterocycles. The fraction of sp³-hybridized carbons (Fsp3) is 1.00. The van der Waals surface area contributed by atoms with Crippen LogP contribution in [0.15, 0.2) is 0 Å². The summed E-state index contributed by atoms with van der Waals surface area (Å²) in [5.74, 6) is 1.03. The van der Waals surface area contributed by atoms with Crippen molar-refractivity contribution in [1.82, 2.24) is 9.80 Å². The third-order valence-electron chi connectivity index (χ3n) is 3.48. The van der Waals surface area contributed by atoms with E-state index in [-0.39, 0.29) is 0 Å². The largest absolute Gasteiger partial charge is 0.329 e. The lowest BCUT2D eigenvalue weighted by molar-refractivity contribution is 0.0818. The van der Waals surface area contributed by atoms with Gasteiger partial charge in [-0.05, 0) is 25.7 Å². The smallest absolute Gasteiger partial charge is 0.0195 e. The molecule has 0 radical (unpaired) electrons. The van der Waals surface area contributed by atoms with E-state index in [0.717, 1.165) is 25.0 Å². The number of hydrogen-bond donors (Lipinski definition) is 1. The molecule has 0 amide bonds. The SMILES string of the molecule is C[C@@H]1CN(CCN)CCN1CC1CC1. The summed E-state index contributed by atoms with van der Waals surface area (Å²) in [6.45, 7) is 9.25. The Balaban J connectivity index is 1.74. The first-order valence-corrected chi connectivity index (χ1v) is 5.96. The van der Waals surface area contributed by atoms with Gasteiger partial charge < -0.3 is 5.73 Å². The maximum atomic E-state index is 5.57. The monoisotopic (exact) mass is 197 g/mol. The third-order valence-corrected chi connectivity index (χ3v) is 3.48. The molecule has 0 aromatic rings. The summed E-state index contributed by atoms with van der Waals surface area (Å²) in [7, 11) is 0. The van der Waals surface area contributed by atoms with Crippen LogP contribution in [0.1, 0.15) is 19.8 Å². The number of rotatable bonds is 4. The van der Waals surface area contributed by atoms with E-state index in [9.17, 15) is 0 Å². The summed E-state index contributed by atoms with van der Waals surface area (Å²) in [5, 5.41) is 0. The molecule has 0 aromatic carbocycles. The van der Waals surface area contributed by atoms with E-state index in [4.69, 9.17) is 5.73 Å². The van der Waals surface area contributed by atoms with Crippen LogP contribution in [0.3, 0.4) is 0 Å². The van der Waals surface area contributed by atoms with Crippen LogP contribution < -0.4 is 5.73 Å². The molecule has 1 aliphatic carbocycles. The summed E-state index contributed by atoms with van der Waals surface area (Å²) >= 11 is 0. The molecule has 3 nitrogen and oxygen atoms in total. The lowest BCUT2D eigenvalue weighted by atomic mass is 10.1. The molecule has 0 aromatic heterocycles. The standard InChI is InChI=1S/C11H23N3/c1-10-8-13(5-4-12)6-7-14(10)9-11-2-3-11/h10-11H,2-9,12H2,1H3/t10-/m1/s1. The maximum absolute atomic E-state index is 5.57. The van der Waals surface area contributed by atoms with E-state index in [2.05, 4.69) is 16.7 Å². The van der Waals surface area contributed by atoms with Crippen LogP contribution in [0.25, 0.3) is 0 Å². The lowest BCUT2D eigenvalue weighted by Crippen LogP contribution is -2.53. The van der Waals surface area contributed by atoms with Crippen LogP contribution in [0.4, 0.5) is 0 Å². The molecular weight excluding hydrogens is 174 g/mol. The van der Waals surface area contributed by atoms with Gasteiger partial charge in [-0.15, -0.1) is 0 Å². The van der Waals surface area contributed by atoms with Gasteiger partial charge in [0, 0.05) is 45.3 Å². The predicted octanol–water partition coefficient (Wildman–Crippen LogP) is 0.361. The van der Waals surface area contributed by atoms with Gasteiger partial charge in [0.25, 0.3) is 0 Å². The number of hydrogen-bond acceptors (Lipinski definition) is 3. The summed E-state index contributed by atoms with van der Waals surface area (Å²) in [6, 6.07) is 0.732. The molecule has 14 heavy (non-hydrogen) atoms. The number of piperazine rings is 1. The van der Waals surface area contributed by atoms with E-state index in [0.29, 0.717) is 0 Å². The average Bonchev–Trinajstić information content (AvgIpc) is 2.94. The average molecular weight is 197 g/mol. The Morgan fingerprint density at radius 1 is 1.29 bits per heavy atom. The second kappa shape index (κ2) is 4.60. The summed E-state index contributed by atoms with van der Waals surface area (Å²) < 4.78 is 0. The topological polar surface area (TPSA) is 32.5 Å². The highest BCUT2D eigenvalue weighted by Gasteiger charge is 2.29. The van der Waals surface area contributed by atoms with E-state index in [1.165, 1.54) is 39.0 Å². The minimum atomic E-state index is 0.732. The van der Waals surface area contributed by atoms with Gasteiger partial charge in [0.2, 0.25) is 0 Å². The Labute approximate surface area is 87.2 Å². The van der Waals surface area contributed by atoms with Crippen LogP contribution >= 0.6 is 0 Å². The van der Waals surface area contributed by atoms with Crippen molar-refractivity contribution in [3.8, 4) is 0 Å². The molecule has 2 aliphatic rings. The highest BCUT2D eigenvalue weighted by molar-refractivity contribution is 4.84. The van der Waals surface area contributed by atoms with E-state index < -0.39 is 0 Å². The van der Waals surface area contributed by atoms with Crippen molar-refractivity contribution in [2.24, 2.45) is 11.7 Å². The van der Waals surface area contributed by atoms with Gasteiger partial charge in [0.15, 0.2) is 0 Å². The minimum Gasteiger partial charge on any atom is -0.329 e. The van der Waals surface area contributed by atoms with Gasteiger partial charge in [-0.3, -0.25) is 9.80 Å². The molecule has 2 N–H and O–H groups in total. The van der Waals surface area contributed by atoms with Crippen molar-refractivity contribution in [2.75, 3.05) is 39.3 Å². The normalized spacial score (nSPS) is 30.9. The van der Waals surface area contributed by atoms with Crippen molar-refractivity contribution >= 4 is 0 Å². The van der Waals surface area contributed by atoms with Gasteiger partial charge in [0.1, 0.15) is 0 Å². The fourth-order valence-electron chi connectivity index (χ4n) is 2.36. The van der Waals surface area contributed by atoms with Crippen LogP contribution in [-0.4, -0.2) is 55.1 Å². The van der Waals surface area contributed by atoms with Crippen molar-refractivity contribution in [3.63, 3.8) is 0 Å². The highest BCUT2D eigenvalue weighted by atomic mass is 15.3. The molecule has 1 saturated heterocycles. The zero-order valence-electron chi connectivity index (χ0n) is 9.28. The predicted molar refractivity (Wildman–Crippen MR) is 59.3 cm³/mol. The highest BCUT2D eigenvalue weighted by Crippen LogP contribution is 2.30. The number of nitrogens with two attached hydrogens (primary N) is 1. The molecule has 82 valence electrons. The van der Waals surface area contributed by atoms with Crippen LogP contribution in [-0.2, 0) is 0 Å². The molecule has 2 rings (SSSR count). The minimum absolute atomic E-state index is 0.732. The second-order valence-electron chi connectivity index (χ2n) is 4.88. The lowest BCUT2D eigenvalue weighted by Gasteiger charge is -2.39. The molecular formula is C11H23N3. The summed E-state index contributed by atoms with van der Waals surface area (Å²) in [5.41, 5.74) is 5.57. The molecule has 2 fully saturated rings. The molecule has 0 spiro atoms. The van der Waals surface area contributed by atoms with Gasteiger partial charge in [-0.25, -0.2) is 0 Å². The summed E-state index contributed by atoms with van der Waals surface area (Å²) in [6.07, 6.45) is 2.94. The number of nitrogens with zero attached hydrogens (tertiary/aromatic N) is 2. The first-order chi connectivity index (χ1) is 6.79. The van der Waals surface area contributed by atoms with E-state index in [1.807, 2.05) is 0 Å². The first-order valence-electron chi connectivity index (χ1n) is 5.96. The van der Waals surface area contributed by atoms with Crippen molar-refractivity contribution in [2.45, 2.75) is 25.8 Å². The molecule has 0 unspecified atom stereocenters. The fourth-order valence-corrected chi connectivity index (χ4v) is 2.36. The molecule has 1 heterocycles. The van der Waals surface area contributed by atoms with Crippen molar-refractivity contribution in [1.29, 1.82) is 0 Å². The van der Waals surface area contributed by atoms with Crippen molar-refractivity contribution in [3.05, 3.63) is 0 Å². The van der Waals surface area contributed by atoms with Gasteiger partial charge in [-0.2, -0.15) is 0 Å². The van der Waals surface area contributed by atoms with Crippen molar-refractivity contribution < 1.29 is 0 Å². The van der Waals surface area contributed by atoms with Crippen LogP contribution in [0.5, 0.6) is 0 Å². The molecule has 1 atom stereocenters. The summed E-state index contributed by atoms with van der Waals surface area (Å²) in [4.78, 5) is 5.15. The van der Waals surface area contributed by atoms with Crippen LogP contribution in [0, 0.1) is 5.92 Å². The molecule has 1 saturated carbocycles. The first kappa shape index (κ1) is 10.4.